The zero-order valence-electron chi connectivity index (χ0n) is 16.3. The van der Waals surface area contributed by atoms with Gasteiger partial charge in [-0.25, -0.2) is 0 Å². The van der Waals surface area contributed by atoms with E-state index in [1.807, 2.05) is 60.7 Å². The van der Waals surface area contributed by atoms with Crippen LogP contribution >= 0.6 is 0 Å². The molecule has 29 heavy (non-hydrogen) atoms. The topological polar surface area (TPSA) is 74.6 Å². The van der Waals surface area contributed by atoms with Crippen molar-refractivity contribution in [3.05, 3.63) is 71.3 Å². The quantitative estimate of drug-likeness (QED) is 0.553. The summed E-state index contributed by atoms with van der Waals surface area (Å²) in [5, 5.41) is 12.2. The fourth-order valence-electron chi connectivity index (χ4n) is 2.96. The highest BCUT2D eigenvalue weighted by atomic mass is 16.5. The first kappa shape index (κ1) is 20.6. The van der Waals surface area contributed by atoms with Crippen molar-refractivity contribution in [2.24, 2.45) is 0 Å². The first-order valence-corrected chi connectivity index (χ1v) is 9.71. The number of hydrogen-bond acceptors (Lipinski definition) is 5. The van der Waals surface area contributed by atoms with Crippen molar-refractivity contribution in [2.45, 2.75) is 6.61 Å². The molecule has 1 saturated heterocycles. The van der Waals surface area contributed by atoms with Crippen molar-refractivity contribution in [3.63, 3.8) is 0 Å². The Morgan fingerprint density at radius 2 is 1.86 bits per heavy atom. The van der Waals surface area contributed by atoms with E-state index in [9.17, 15) is 10.1 Å². The standard InChI is InChI=1S/C23H25N3O3/c24-17-21(23(27)25-10-11-26-12-14-28-15-13-26)16-19-6-8-22(9-7-19)29-18-20-4-2-1-3-5-20/h1-9,16H,10-15,18H2,(H,25,27)/b21-16+. The summed E-state index contributed by atoms with van der Waals surface area (Å²) in [5.74, 6) is 0.379. The molecule has 0 saturated carbocycles. The van der Waals surface area contributed by atoms with Crippen molar-refractivity contribution < 1.29 is 14.3 Å². The third-order valence-corrected chi connectivity index (χ3v) is 4.62. The number of benzene rings is 2. The van der Waals surface area contributed by atoms with Gasteiger partial charge >= 0.3 is 0 Å². The van der Waals surface area contributed by atoms with E-state index in [4.69, 9.17) is 9.47 Å². The van der Waals surface area contributed by atoms with Crippen molar-refractivity contribution in [2.75, 3.05) is 39.4 Å². The van der Waals surface area contributed by atoms with Gasteiger partial charge in [-0.3, -0.25) is 9.69 Å². The van der Waals surface area contributed by atoms with Gasteiger partial charge in [-0.15, -0.1) is 0 Å². The third-order valence-electron chi connectivity index (χ3n) is 4.62. The van der Waals surface area contributed by atoms with Gasteiger partial charge in [0, 0.05) is 26.2 Å². The van der Waals surface area contributed by atoms with Gasteiger partial charge in [-0.2, -0.15) is 5.26 Å². The van der Waals surface area contributed by atoms with E-state index in [1.54, 1.807) is 6.08 Å². The lowest BCUT2D eigenvalue weighted by atomic mass is 10.1. The minimum atomic E-state index is -0.356. The smallest absolute Gasteiger partial charge is 0.261 e. The Hall–Kier alpha value is -3.14. The second kappa shape index (κ2) is 11.0. The average Bonchev–Trinajstić information content (AvgIpc) is 2.78. The Morgan fingerprint density at radius 3 is 2.55 bits per heavy atom. The molecule has 1 fully saturated rings. The molecule has 0 spiro atoms. The van der Waals surface area contributed by atoms with E-state index in [-0.39, 0.29) is 11.5 Å². The number of nitriles is 1. The van der Waals surface area contributed by atoms with Gasteiger partial charge in [0.05, 0.1) is 13.2 Å². The number of hydrogen-bond donors (Lipinski definition) is 1. The highest BCUT2D eigenvalue weighted by Gasteiger charge is 2.12. The largest absolute Gasteiger partial charge is 0.489 e. The van der Waals surface area contributed by atoms with E-state index in [0.717, 1.165) is 49.7 Å². The molecule has 3 rings (SSSR count). The fourth-order valence-corrected chi connectivity index (χ4v) is 2.96. The Bertz CT molecular complexity index is 851. The van der Waals surface area contributed by atoms with E-state index in [2.05, 4.69) is 10.2 Å². The average molecular weight is 391 g/mol. The number of nitrogens with zero attached hydrogens (tertiary/aromatic N) is 2. The minimum Gasteiger partial charge on any atom is -0.489 e. The molecule has 0 bridgehead atoms. The van der Waals surface area contributed by atoms with Crippen LogP contribution in [0, 0.1) is 11.3 Å². The lowest BCUT2D eigenvalue weighted by Crippen LogP contribution is -2.41. The zero-order chi connectivity index (χ0) is 20.3. The van der Waals surface area contributed by atoms with Gasteiger partial charge in [0.15, 0.2) is 0 Å². The maximum absolute atomic E-state index is 12.3. The molecule has 0 atom stereocenters. The Morgan fingerprint density at radius 1 is 1.14 bits per heavy atom. The van der Waals surface area contributed by atoms with Crippen LogP contribution in [0.25, 0.3) is 6.08 Å². The molecule has 2 aromatic rings. The van der Waals surface area contributed by atoms with Crippen LogP contribution in [0.1, 0.15) is 11.1 Å². The first-order valence-electron chi connectivity index (χ1n) is 9.71. The number of nitrogens with one attached hydrogen (secondary N) is 1. The Labute approximate surface area is 171 Å². The van der Waals surface area contributed by atoms with Gasteiger partial charge in [0.25, 0.3) is 5.91 Å². The Balaban J connectivity index is 1.50. The summed E-state index contributed by atoms with van der Waals surface area (Å²) in [6.45, 7) is 4.94. The van der Waals surface area contributed by atoms with Gasteiger partial charge in [-0.05, 0) is 29.3 Å². The number of carbonyl (C=O) groups is 1. The zero-order valence-corrected chi connectivity index (χ0v) is 16.3. The van der Waals surface area contributed by atoms with E-state index in [0.29, 0.717) is 13.2 Å². The lowest BCUT2D eigenvalue weighted by molar-refractivity contribution is -0.117. The second-order valence-corrected chi connectivity index (χ2v) is 6.72. The molecule has 6 heteroatoms. The highest BCUT2D eigenvalue weighted by molar-refractivity contribution is 6.01. The summed E-state index contributed by atoms with van der Waals surface area (Å²) in [5.41, 5.74) is 1.96. The van der Waals surface area contributed by atoms with Crippen LogP contribution in [-0.4, -0.2) is 50.2 Å². The van der Waals surface area contributed by atoms with Crippen LogP contribution in [0.15, 0.2) is 60.2 Å². The maximum atomic E-state index is 12.3. The number of carbonyl (C=O) groups excluding carboxylic acids is 1. The van der Waals surface area contributed by atoms with Crippen LogP contribution in [0.4, 0.5) is 0 Å². The van der Waals surface area contributed by atoms with Gasteiger partial charge < -0.3 is 14.8 Å². The van der Waals surface area contributed by atoms with Gasteiger partial charge in [0.1, 0.15) is 24.0 Å². The van der Waals surface area contributed by atoms with Gasteiger partial charge in [0.2, 0.25) is 0 Å². The van der Waals surface area contributed by atoms with Crippen molar-refractivity contribution in [3.8, 4) is 11.8 Å². The molecule has 1 aliphatic rings. The summed E-state index contributed by atoms with van der Waals surface area (Å²) in [6, 6.07) is 19.2. The summed E-state index contributed by atoms with van der Waals surface area (Å²) >= 11 is 0. The predicted molar refractivity (Wildman–Crippen MR) is 111 cm³/mol. The number of morpholine rings is 1. The molecule has 0 radical (unpaired) electrons. The van der Waals surface area contributed by atoms with Crippen LogP contribution in [0.3, 0.4) is 0 Å². The van der Waals surface area contributed by atoms with Crippen molar-refractivity contribution in [1.82, 2.24) is 10.2 Å². The molecule has 1 amide bonds. The van der Waals surface area contributed by atoms with Crippen molar-refractivity contribution >= 4 is 12.0 Å². The van der Waals surface area contributed by atoms with Crippen LogP contribution in [0.5, 0.6) is 5.75 Å². The molecule has 0 aliphatic carbocycles. The lowest BCUT2D eigenvalue weighted by Gasteiger charge is -2.26. The molecule has 6 nitrogen and oxygen atoms in total. The second-order valence-electron chi connectivity index (χ2n) is 6.72. The predicted octanol–water partition coefficient (Wildman–Crippen LogP) is 2.62. The molecular formula is C23H25N3O3. The minimum absolute atomic E-state index is 0.0879. The summed E-state index contributed by atoms with van der Waals surface area (Å²) in [7, 11) is 0. The number of amides is 1. The maximum Gasteiger partial charge on any atom is 0.261 e. The summed E-state index contributed by atoms with van der Waals surface area (Å²) < 4.78 is 11.1. The molecule has 0 aromatic heterocycles. The van der Waals surface area contributed by atoms with Crippen LogP contribution in [-0.2, 0) is 16.1 Å². The monoisotopic (exact) mass is 391 g/mol. The molecule has 150 valence electrons. The SMILES string of the molecule is N#C/C(=C\c1ccc(OCc2ccccc2)cc1)C(=O)NCCN1CCOCC1. The number of ether oxygens (including phenoxy) is 2. The molecule has 1 heterocycles. The number of rotatable bonds is 8. The van der Waals surface area contributed by atoms with Crippen LogP contribution < -0.4 is 10.1 Å². The fraction of sp³-hybridized carbons (Fsp3) is 0.304. The van der Waals surface area contributed by atoms with Crippen molar-refractivity contribution in [1.29, 1.82) is 5.26 Å². The molecule has 0 unspecified atom stereocenters. The van der Waals surface area contributed by atoms with E-state index in [1.165, 1.54) is 0 Å². The molecule has 1 aliphatic heterocycles. The normalized spacial score (nSPS) is 14.8. The highest BCUT2D eigenvalue weighted by Crippen LogP contribution is 2.16. The first-order chi connectivity index (χ1) is 14.2. The van der Waals surface area contributed by atoms with E-state index >= 15 is 0 Å². The van der Waals surface area contributed by atoms with Gasteiger partial charge in [-0.1, -0.05) is 42.5 Å². The molecule has 1 N–H and O–H groups in total. The summed E-state index contributed by atoms with van der Waals surface area (Å²) in [4.78, 5) is 14.5. The third kappa shape index (κ3) is 6.75. The Kier molecular flexibility index (Phi) is 7.81. The van der Waals surface area contributed by atoms with Crippen LogP contribution in [0.2, 0.25) is 0 Å². The summed E-state index contributed by atoms with van der Waals surface area (Å²) in [6.07, 6.45) is 1.59. The van der Waals surface area contributed by atoms with E-state index < -0.39 is 0 Å². The molecular weight excluding hydrogens is 366 g/mol. The molecule has 2 aromatic carbocycles.